The fourth-order valence-electron chi connectivity index (χ4n) is 1.91. The second-order valence-electron chi connectivity index (χ2n) is 8.21. The van der Waals surface area contributed by atoms with E-state index in [4.69, 9.17) is 14.6 Å². The quantitative estimate of drug-likeness (QED) is 0.301. The molecule has 0 aliphatic rings. The van der Waals surface area contributed by atoms with E-state index in [1.165, 1.54) is 12.1 Å². The Morgan fingerprint density at radius 2 is 1.42 bits per heavy atom. The van der Waals surface area contributed by atoms with Crippen molar-refractivity contribution >= 4 is 41.4 Å². The molecule has 0 aliphatic carbocycles. The first-order valence-electron chi connectivity index (χ1n) is 9.32. The molecule has 1 rings (SSSR count). The summed E-state index contributed by atoms with van der Waals surface area (Å²) in [6.45, 7) is 10.2. The third-order valence-electron chi connectivity index (χ3n) is 2.95. The first kappa shape index (κ1) is 25.9. The number of nitrogens with zero attached hydrogens (tertiary/aromatic N) is 1. The molecule has 1 heterocycles. The van der Waals surface area contributed by atoms with Crippen molar-refractivity contribution in [3.05, 3.63) is 21.9 Å². The minimum Gasteiger partial charge on any atom is -0.477 e. The molecule has 1 aromatic rings. The van der Waals surface area contributed by atoms with E-state index in [1.807, 2.05) is 0 Å². The predicted octanol–water partition coefficient (Wildman–Crippen LogP) is 2.58. The molecule has 0 saturated carbocycles. The molecule has 0 aliphatic heterocycles. The summed E-state index contributed by atoms with van der Waals surface area (Å²) in [6.07, 6.45) is -1.66. The first-order valence-corrected chi connectivity index (χ1v) is 10.1. The van der Waals surface area contributed by atoms with Gasteiger partial charge in [-0.25, -0.2) is 14.4 Å². The van der Waals surface area contributed by atoms with Crippen LogP contribution < -0.4 is 16.0 Å². The monoisotopic (exact) mass is 456 g/mol. The number of hydrogen-bond acceptors (Lipinski definition) is 8. The van der Waals surface area contributed by atoms with Gasteiger partial charge in [-0.2, -0.15) is 0 Å². The van der Waals surface area contributed by atoms with Gasteiger partial charge in [0.05, 0.1) is 11.4 Å². The Hall–Kier alpha value is -3.15. The second-order valence-corrected chi connectivity index (χ2v) is 9.29. The van der Waals surface area contributed by atoms with Crippen LogP contribution in [0.3, 0.4) is 0 Å². The SMILES string of the molecule is CC(C)(C)OC(=O)NC(=NCCNC(=O)c1ccc(C(=O)O)s1)NC(=O)OC(C)(C)C. The fraction of sp³-hybridized carbons (Fsp3) is 0.526. The molecule has 11 nitrogen and oxygen atoms in total. The molecule has 12 heteroatoms. The number of carbonyl (C=O) groups excluding carboxylic acids is 3. The number of nitrogens with one attached hydrogen (secondary N) is 3. The lowest BCUT2D eigenvalue weighted by Crippen LogP contribution is -2.47. The number of amides is 3. The van der Waals surface area contributed by atoms with Crippen LogP contribution in [0.4, 0.5) is 9.59 Å². The summed E-state index contributed by atoms with van der Waals surface area (Å²) in [7, 11) is 0. The van der Waals surface area contributed by atoms with Gasteiger partial charge in [0.25, 0.3) is 5.91 Å². The molecule has 0 saturated heterocycles. The van der Waals surface area contributed by atoms with Gasteiger partial charge in [-0.05, 0) is 53.7 Å². The van der Waals surface area contributed by atoms with Gasteiger partial charge in [0.1, 0.15) is 16.1 Å². The van der Waals surface area contributed by atoms with E-state index in [0.29, 0.717) is 0 Å². The number of carbonyl (C=O) groups is 4. The average molecular weight is 457 g/mol. The molecule has 0 atom stereocenters. The molecular weight excluding hydrogens is 428 g/mol. The van der Waals surface area contributed by atoms with Crippen molar-refractivity contribution in [1.29, 1.82) is 0 Å². The molecule has 3 amide bonds. The summed E-state index contributed by atoms with van der Waals surface area (Å²) in [4.78, 5) is 51.3. The zero-order chi connectivity index (χ0) is 23.8. The number of aromatic carboxylic acids is 1. The molecule has 0 unspecified atom stereocenters. The predicted molar refractivity (Wildman–Crippen MR) is 115 cm³/mol. The molecular formula is C19H28N4O7S. The maximum absolute atomic E-state index is 12.1. The smallest absolute Gasteiger partial charge is 0.414 e. The van der Waals surface area contributed by atoms with Gasteiger partial charge in [-0.3, -0.25) is 20.4 Å². The molecule has 31 heavy (non-hydrogen) atoms. The van der Waals surface area contributed by atoms with Gasteiger partial charge in [0.2, 0.25) is 5.96 Å². The lowest BCUT2D eigenvalue weighted by molar-refractivity contribution is 0.0543. The van der Waals surface area contributed by atoms with E-state index in [2.05, 4.69) is 20.9 Å². The molecule has 0 radical (unpaired) electrons. The highest BCUT2D eigenvalue weighted by molar-refractivity contribution is 7.15. The Labute approximate surface area is 184 Å². The standard InChI is InChI=1S/C19H28N4O7S/c1-18(2,3)29-16(27)22-15(23-17(28)30-19(4,5)6)21-10-9-20-13(24)11-7-8-12(31-11)14(25)26/h7-8H,9-10H2,1-6H3,(H,20,24)(H,25,26)(H2,21,22,23,27,28). The van der Waals surface area contributed by atoms with Gasteiger partial charge in [0, 0.05) is 6.54 Å². The van der Waals surface area contributed by atoms with Crippen LogP contribution in [0.15, 0.2) is 17.1 Å². The van der Waals surface area contributed by atoms with E-state index < -0.39 is 35.3 Å². The van der Waals surface area contributed by atoms with Crippen molar-refractivity contribution in [3.63, 3.8) is 0 Å². The first-order chi connectivity index (χ1) is 14.2. The van der Waals surface area contributed by atoms with Gasteiger partial charge in [-0.15, -0.1) is 11.3 Å². The molecule has 172 valence electrons. The number of carboxylic acids is 1. The van der Waals surface area contributed by atoms with Crippen molar-refractivity contribution in [1.82, 2.24) is 16.0 Å². The van der Waals surface area contributed by atoms with Crippen molar-refractivity contribution in [2.45, 2.75) is 52.7 Å². The number of guanidine groups is 1. The maximum Gasteiger partial charge on any atom is 0.414 e. The minimum atomic E-state index is -1.11. The van der Waals surface area contributed by atoms with Gasteiger partial charge >= 0.3 is 18.2 Å². The van der Waals surface area contributed by atoms with Crippen LogP contribution in [0, 0.1) is 0 Å². The molecule has 1 aromatic heterocycles. The Morgan fingerprint density at radius 1 is 0.935 bits per heavy atom. The van der Waals surface area contributed by atoms with Crippen LogP contribution in [0.5, 0.6) is 0 Å². The lowest BCUT2D eigenvalue weighted by Gasteiger charge is -2.22. The van der Waals surface area contributed by atoms with Crippen LogP contribution in [-0.2, 0) is 9.47 Å². The molecule has 0 spiro atoms. The van der Waals surface area contributed by atoms with E-state index in [1.54, 1.807) is 41.5 Å². The van der Waals surface area contributed by atoms with E-state index in [-0.39, 0.29) is 28.8 Å². The number of ether oxygens (including phenoxy) is 2. The average Bonchev–Trinajstić information content (AvgIpc) is 3.05. The Bertz CT molecular complexity index is 818. The van der Waals surface area contributed by atoms with E-state index in [0.717, 1.165) is 11.3 Å². The highest BCUT2D eigenvalue weighted by Gasteiger charge is 2.21. The third-order valence-corrected chi connectivity index (χ3v) is 4.02. The van der Waals surface area contributed by atoms with Crippen molar-refractivity contribution in [3.8, 4) is 0 Å². The summed E-state index contributed by atoms with van der Waals surface area (Å²) in [6, 6.07) is 2.75. The number of thiophene rings is 1. The third kappa shape index (κ3) is 11.0. The molecule has 0 fully saturated rings. The van der Waals surface area contributed by atoms with Gasteiger partial charge in [0.15, 0.2) is 0 Å². The van der Waals surface area contributed by atoms with E-state index in [9.17, 15) is 19.2 Å². The summed E-state index contributed by atoms with van der Waals surface area (Å²) < 4.78 is 10.3. The number of rotatable bonds is 5. The number of hydrogen-bond donors (Lipinski definition) is 4. The summed E-state index contributed by atoms with van der Waals surface area (Å²) in [5, 5.41) is 16.1. The van der Waals surface area contributed by atoms with E-state index >= 15 is 0 Å². The molecule has 4 N–H and O–H groups in total. The summed E-state index contributed by atoms with van der Waals surface area (Å²) in [5.41, 5.74) is -1.52. The van der Waals surface area contributed by atoms with Crippen LogP contribution >= 0.6 is 11.3 Å². The normalized spacial score (nSPS) is 11.2. The van der Waals surface area contributed by atoms with Crippen molar-refractivity contribution in [2.75, 3.05) is 13.1 Å². The zero-order valence-electron chi connectivity index (χ0n) is 18.3. The topological polar surface area (TPSA) is 155 Å². The largest absolute Gasteiger partial charge is 0.477 e. The van der Waals surface area contributed by atoms with Crippen LogP contribution in [0.2, 0.25) is 0 Å². The molecule has 0 bridgehead atoms. The highest BCUT2D eigenvalue weighted by Crippen LogP contribution is 2.16. The number of aliphatic imine (C=N–C) groups is 1. The highest BCUT2D eigenvalue weighted by atomic mass is 32.1. The fourth-order valence-corrected chi connectivity index (χ4v) is 2.67. The Morgan fingerprint density at radius 3 is 1.84 bits per heavy atom. The number of carboxylic acid groups (broad SMARTS) is 1. The van der Waals surface area contributed by atoms with Gasteiger partial charge < -0.3 is 19.9 Å². The lowest BCUT2D eigenvalue weighted by atomic mass is 10.2. The minimum absolute atomic E-state index is 0.00380. The second kappa shape index (κ2) is 10.8. The van der Waals surface area contributed by atoms with Crippen LogP contribution in [0.1, 0.15) is 60.9 Å². The number of alkyl carbamates (subject to hydrolysis) is 2. The Balaban J connectivity index is 2.72. The Kier molecular flexibility index (Phi) is 8.98. The van der Waals surface area contributed by atoms with Crippen LogP contribution in [0.25, 0.3) is 0 Å². The van der Waals surface area contributed by atoms with Crippen molar-refractivity contribution < 1.29 is 33.8 Å². The van der Waals surface area contributed by atoms with Gasteiger partial charge in [-0.1, -0.05) is 0 Å². The zero-order valence-corrected chi connectivity index (χ0v) is 19.1. The summed E-state index contributed by atoms with van der Waals surface area (Å²) >= 11 is 0.846. The maximum atomic E-state index is 12.1. The van der Waals surface area contributed by atoms with Crippen molar-refractivity contribution in [2.24, 2.45) is 4.99 Å². The summed E-state index contributed by atoms with van der Waals surface area (Å²) in [5.74, 6) is -1.78. The molecule has 0 aromatic carbocycles. The van der Waals surface area contributed by atoms with Crippen LogP contribution in [-0.4, -0.2) is 59.4 Å².